The van der Waals surface area contributed by atoms with E-state index in [2.05, 4.69) is 0 Å². The lowest BCUT2D eigenvalue weighted by Gasteiger charge is -2.37. The van der Waals surface area contributed by atoms with E-state index in [0.717, 1.165) is 50.5 Å². The van der Waals surface area contributed by atoms with Crippen molar-refractivity contribution in [3.8, 4) is 97.7 Å². The van der Waals surface area contributed by atoms with Crippen molar-refractivity contribution in [2.75, 3.05) is 128 Å². The number of anilines is 2. The molecule has 0 aromatic heterocycles. The molecular weight excluding hydrogens is 1490 g/mol. The van der Waals surface area contributed by atoms with Gasteiger partial charge in [0, 0.05) is 59.5 Å². The lowest BCUT2D eigenvalue weighted by Crippen LogP contribution is -2.44. The quantitative estimate of drug-likeness (QED) is 0.0561. The van der Waals surface area contributed by atoms with Gasteiger partial charge < -0.3 is 100 Å². The van der Waals surface area contributed by atoms with Crippen LogP contribution in [0.15, 0.2) is 132 Å². The van der Waals surface area contributed by atoms with E-state index in [0.29, 0.717) is 138 Å². The number of amides is 2. The molecule has 0 spiro atoms. The average molecular weight is 1580 g/mol. The highest BCUT2D eigenvalue weighted by Crippen LogP contribution is 2.59. The number of esters is 1. The number of nitrogens with zero attached hydrogens (tertiary/aromatic N) is 5. The number of carboxylic acids is 1. The summed E-state index contributed by atoms with van der Waals surface area (Å²) >= 11 is 0. The molecule has 7 aliphatic heterocycles. The maximum absolute atomic E-state index is 14.4. The molecule has 0 radical (unpaired) electrons. The molecule has 10 atom stereocenters. The number of aliphatic hydroxyl groups excluding tert-OH is 1. The number of hydrazone groups is 2. The van der Waals surface area contributed by atoms with E-state index in [1.165, 1.54) is 49.8 Å². The molecule has 3 aliphatic carbocycles. The summed E-state index contributed by atoms with van der Waals surface area (Å²) in [7, 11) is 17.0. The molecule has 0 bridgehead atoms. The van der Waals surface area contributed by atoms with Crippen molar-refractivity contribution in [2.45, 2.75) is 36.7 Å². The number of methoxy groups -OCH3 is 11. The number of hydrogen-bond acceptors (Lipinski definition) is 29. The Bertz CT molecular complexity index is 5170. The molecule has 31 heteroatoms. The molecule has 2 saturated heterocycles. The van der Waals surface area contributed by atoms with E-state index in [-0.39, 0.29) is 57.6 Å². The normalized spacial score (nSPS) is 22.2. The van der Waals surface area contributed by atoms with Crippen LogP contribution in [0.1, 0.15) is 86.8 Å². The number of carbonyl (C=O) groups excluding carboxylic acids is 4. The predicted molar refractivity (Wildman–Crippen MR) is 407 cm³/mol. The van der Waals surface area contributed by atoms with E-state index in [9.17, 15) is 34.2 Å². The maximum atomic E-state index is 14.4. The highest BCUT2D eigenvalue weighted by Gasteiger charge is 2.55. The molecule has 2 fully saturated rings. The average Bonchev–Trinajstić information content (AvgIpc) is 1.66. The number of hydrogen-bond donors (Lipinski definition) is 2. The number of hydroxylamine groups is 2. The Morgan fingerprint density at radius 1 is 0.417 bits per heavy atom. The largest absolute Gasteiger partial charge is 0.497 e. The van der Waals surface area contributed by atoms with Gasteiger partial charge in [0.1, 0.15) is 11.5 Å². The second-order valence-corrected chi connectivity index (χ2v) is 28.1. The van der Waals surface area contributed by atoms with E-state index in [4.69, 9.17) is 100 Å². The summed E-state index contributed by atoms with van der Waals surface area (Å²) in [5, 5.41) is 35.9. The first-order chi connectivity index (χ1) is 55.9. The van der Waals surface area contributed by atoms with Crippen LogP contribution in [0.2, 0.25) is 0 Å². The summed E-state index contributed by atoms with van der Waals surface area (Å²) < 4.78 is 100. The molecule has 598 valence electrons. The van der Waals surface area contributed by atoms with Gasteiger partial charge in [-0.2, -0.15) is 10.2 Å². The number of aliphatic hydroxyl groups is 1. The van der Waals surface area contributed by atoms with Gasteiger partial charge in [0.15, 0.2) is 69.0 Å². The van der Waals surface area contributed by atoms with Gasteiger partial charge in [-0.05, 0) is 160 Å². The van der Waals surface area contributed by atoms with Crippen LogP contribution in [0.25, 0.3) is 0 Å². The Morgan fingerprint density at radius 2 is 0.774 bits per heavy atom. The Kier molecular flexibility index (Phi) is 20.5. The molecule has 8 aromatic rings. The Hall–Kier alpha value is -13.2. The maximum Gasteiger partial charge on any atom is 0.337 e. The molecule has 0 unspecified atom stereocenters. The first kappa shape index (κ1) is 75.8. The third-order valence-electron chi connectivity index (χ3n) is 22.6. The first-order valence-corrected chi connectivity index (χ1v) is 36.7. The van der Waals surface area contributed by atoms with Gasteiger partial charge in [-0.15, -0.1) is 5.06 Å². The van der Waals surface area contributed by atoms with Crippen LogP contribution in [-0.4, -0.2) is 175 Å². The van der Waals surface area contributed by atoms with Gasteiger partial charge >= 0.3 is 17.9 Å². The van der Waals surface area contributed by atoms with Gasteiger partial charge in [0.2, 0.25) is 37.6 Å². The summed E-state index contributed by atoms with van der Waals surface area (Å²) in [6.07, 6.45) is -0.897. The molecule has 18 rings (SSSR count). The number of carboxylic acid groups (broad SMARTS) is 1. The van der Waals surface area contributed by atoms with E-state index in [1.54, 1.807) is 46.6 Å². The zero-order valence-electron chi connectivity index (χ0n) is 64.4. The third-order valence-corrected chi connectivity index (χ3v) is 22.6. The van der Waals surface area contributed by atoms with Crippen molar-refractivity contribution < 1.29 is 124 Å². The second-order valence-electron chi connectivity index (χ2n) is 28.1. The zero-order chi connectivity index (χ0) is 80.4. The second kappa shape index (κ2) is 31.1. The number of imide groups is 1. The van der Waals surface area contributed by atoms with Crippen molar-refractivity contribution >= 4 is 52.5 Å². The van der Waals surface area contributed by atoms with Gasteiger partial charge in [0.25, 0.3) is 11.8 Å². The number of ether oxygens (including phenoxy) is 18. The monoisotopic (exact) mass is 1580 g/mol. The smallest absolute Gasteiger partial charge is 0.337 e. The minimum absolute atomic E-state index is 0.0270. The minimum atomic E-state index is -0.945. The fourth-order valence-electron chi connectivity index (χ4n) is 17.2. The van der Waals surface area contributed by atoms with Crippen LogP contribution < -0.4 is 90.5 Å². The first-order valence-electron chi connectivity index (χ1n) is 36.7. The lowest BCUT2D eigenvalue weighted by atomic mass is 9.65. The fraction of sp³-hybridized carbons (Fsp3) is 0.345. The molecule has 2 amide bonds. The molecular formula is C84H81N5O26. The fourth-order valence-corrected chi connectivity index (χ4v) is 17.2. The van der Waals surface area contributed by atoms with Gasteiger partial charge in [-0.25, -0.2) is 4.79 Å². The molecule has 8 aromatic carbocycles. The summed E-state index contributed by atoms with van der Waals surface area (Å²) in [6.45, 7) is 1.14. The molecule has 10 aliphatic rings. The number of benzene rings is 8. The van der Waals surface area contributed by atoms with Crippen LogP contribution in [0.5, 0.6) is 97.7 Å². The predicted octanol–water partition coefficient (Wildman–Crippen LogP) is 10.2. The SMILES string of the molecule is COc1cc([C@@H]2c3cc4c(cc3[C@H](O)[C@H]3COC(=O)[C@H]23)OCO4)cc(OC)c1OC.COc1ccc(N2C[C@@H]3C(=N2)c2cc4c(cc2[C@@H](c2cc(OC)c(OC)c(OC)c2)[C@H]3C(=O)O)OCO4)cc1.COc1ccc(N2C[C@@H]3C(=N2)c2cc4c(cc2[C@@H](c2cc(OC)c(OC)c(OC)c2)[C@H]3C(=O)ON2C(=O)CCC2=O)OCO4)cc1. The Morgan fingerprint density at radius 3 is 1.15 bits per heavy atom. The van der Waals surface area contributed by atoms with Crippen LogP contribution in [0.4, 0.5) is 11.4 Å². The number of aliphatic carboxylic acids is 1. The number of cyclic esters (lactones) is 1. The summed E-state index contributed by atoms with van der Waals surface area (Å²) in [6, 6.07) is 37.0. The number of carbonyl (C=O) groups is 5. The van der Waals surface area contributed by atoms with Crippen LogP contribution in [-0.2, 0) is 33.5 Å². The van der Waals surface area contributed by atoms with Crippen molar-refractivity contribution in [1.29, 1.82) is 0 Å². The van der Waals surface area contributed by atoms with Crippen LogP contribution in [0.3, 0.4) is 0 Å². The minimum Gasteiger partial charge on any atom is -0.497 e. The number of fused-ring (bicyclic) bond motifs is 11. The topological polar surface area (TPSA) is 336 Å². The zero-order valence-corrected chi connectivity index (χ0v) is 64.4. The summed E-state index contributed by atoms with van der Waals surface area (Å²) in [5.74, 6) is 0.399. The van der Waals surface area contributed by atoms with Crippen molar-refractivity contribution in [3.63, 3.8) is 0 Å². The van der Waals surface area contributed by atoms with Crippen molar-refractivity contribution in [3.05, 3.63) is 171 Å². The third kappa shape index (κ3) is 13.2. The summed E-state index contributed by atoms with van der Waals surface area (Å²) in [4.78, 5) is 70.9. The van der Waals surface area contributed by atoms with E-state index in [1.807, 2.05) is 113 Å². The number of rotatable bonds is 19. The van der Waals surface area contributed by atoms with Crippen LogP contribution in [0, 0.1) is 35.5 Å². The highest BCUT2D eigenvalue weighted by atomic mass is 16.7. The molecule has 0 saturated carbocycles. The Labute approximate surface area is 658 Å². The molecule has 31 nitrogen and oxygen atoms in total. The van der Waals surface area contributed by atoms with Gasteiger partial charge in [-0.3, -0.25) is 29.2 Å². The highest BCUT2D eigenvalue weighted by molar-refractivity contribution is 6.11. The molecule has 115 heavy (non-hydrogen) atoms. The van der Waals surface area contributed by atoms with Gasteiger partial charge in [-0.1, -0.05) is 0 Å². The Balaban J connectivity index is 0.000000132. The van der Waals surface area contributed by atoms with Crippen molar-refractivity contribution in [2.24, 2.45) is 45.7 Å². The molecule has 7 heterocycles. The summed E-state index contributed by atoms with van der Waals surface area (Å²) in [5.41, 5.74) is 9.72. The molecule has 2 N–H and O–H groups in total. The van der Waals surface area contributed by atoms with Crippen LogP contribution >= 0.6 is 0 Å². The van der Waals surface area contributed by atoms with E-state index < -0.39 is 71.3 Å². The van der Waals surface area contributed by atoms with Crippen molar-refractivity contribution in [1.82, 2.24) is 5.06 Å². The van der Waals surface area contributed by atoms with E-state index >= 15 is 0 Å². The lowest BCUT2D eigenvalue weighted by molar-refractivity contribution is -0.201. The standard InChI is InChI=1S/C33H31N3O10.C29H28N2O8.C22H22O8/c1-40-19-7-5-18(6-8-19)35-15-22-30(33(39)46-36-27(37)9-10-28(36)38)29(17-11-25(41-2)32(43-4)26(12-17)42-3)20-13-23-24(45-16-44-23)14-21(20)31(22)34-35;1-34-17-7-5-16(6-8-17)31-13-20-26(29(32)33)25(15-9-23(35-2)28(37-4)24(10-15)36-3)18-11-21-22(39-14-38-21)12-19(18)27(20)30-31;1-25-16-4-10(5-17(26-2)21(16)27-3)18-11-6-14-15(30-9-29-14)7-12(11)20(23)13-8-28-22(24)19(13)18/h5-8,11-14,22,29-30H,9-10,15-16H2,1-4H3;5-12,20,25-26H,13-14H2,1-4H3,(H,32,33);4-7,13,18-20,23H,8-9H2,1-3H3/t22-,29+,30-;20-,25+,26-;13-,18+,19-,20-/m000/s1. The van der Waals surface area contributed by atoms with Gasteiger partial charge in [0.05, 0.1) is 145 Å².